The average molecular weight is 274 g/mol. The van der Waals surface area contributed by atoms with Crippen molar-refractivity contribution in [3.8, 4) is 5.75 Å². The van der Waals surface area contributed by atoms with Gasteiger partial charge in [-0.2, -0.15) is 5.10 Å². The van der Waals surface area contributed by atoms with Gasteiger partial charge in [-0.25, -0.2) is 0 Å². The van der Waals surface area contributed by atoms with Crippen molar-refractivity contribution in [2.24, 2.45) is 12.8 Å². The molecule has 0 bridgehead atoms. The molecular formula is C14H18N4O2. The maximum absolute atomic E-state index is 11.7. The van der Waals surface area contributed by atoms with Gasteiger partial charge in [0, 0.05) is 24.5 Å². The smallest absolute Gasteiger partial charge is 0.244 e. The number of benzene rings is 1. The van der Waals surface area contributed by atoms with Crippen LogP contribution in [0.25, 0.3) is 0 Å². The Balaban J connectivity index is 2.25. The number of nitrogens with zero attached hydrogens (tertiary/aromatic N) is 2. The van der Waals surface area contributed by atoms with Crippen molar-refractivity contribution in [2.75, 3.05) is 12.4 Å². The van der Waals surface area contributed by atoms with E-state index in [-0.39, 0.29) is 0 Å². The number of methoxy groups -OCH3 is 1. The fraction of sp³-hybridized carbons (Fsp3) is 0.286. The number of aryl methyl sites for hydroxylation is 2. The van der Waals surface area contributed by atoms with Gasteiger partial charge in [0.1, 0.15) is 11.8 Å². The molecule has 0 saturated heterocycles. The predicted molar refractivity (Wildman–Crippen MR) is 76.5 cm³/mol. The molecule has 106 valence electrons. The van der Waals surface area contributed by atoms with Crippen LogP contribution >= 0.6 is 0 Å². The Hall–Kier alpha value is -2.50. The van der Waals surface area contributed by atoms with Crippen LogP contribution in [0.15, 0.2) is 30.5 Å². The molecule has 0 aliphatic rings. The average Bonchev–Trinajstić information content (AvgIpc) is 2.75. The van der Waals surface area contributed by atoms with E-state index in [0.717, 1.165) is 22.7 Å². The molecule has 0 fully saturated rings. The van der Waals surface area contributed by atoms with E-state index in [0.29, 0.717) is 0 Å². The Morgan fingerprint density at radius 1 is 1.40 bits per heavy atom. The lowest BCUT2D eigenvalue weighted by Gasteiger charge is -2.16. The summed E-state index contributed by atoms with van der Waals surface area (Å²) < 4.78 is 6.76. The van der Waals surface area contributed by atoms with E-state index < -0.39 is 11.9 Å². The molecule has 1 aromatic heterocycles. The predicted octanol–water partition coefficient (Wildman–Crippen LogP) is 1.38. The number of carbonyl (C=O) groups excluding carboxylic acids is 1. The largest absolute Gasteiger partial charge is 0.497 e. The van der Waals surface area contributed by atoms with Crippen molar-refractivity contribution in [3.63, 3.8) is 0 Å². The van der Waals surface area contributed by atoms with Gasteiger partial charge in [0.25, 0.3) is 0 Å². The van der Waals surface area contributed by atoms with Gasteiger partial charge in [-0.1, -0.05) is 0 Å². The van der Waals surface area contributed by atoms with E-state index in [9.17, 15) is 4.79 Å². The highest BCUT2D eigenvalue weighted by atomic mass is 16.5. The molecule has 1 aromatic carbocycles. The molecule has 2 rings (SSSR count). The van der Waals surface area contributed by atoms with Crippen LogP contribution in [0.4, 0.5) is 5.69 Å². The number of amides is 1. The van der Waals surface area contributed by atoms with Crippen LogP contribution < -0.4 is 15.8 Å². The minimum absolute atomic E-state index is 0.447. The number of aromatic nitrogens is 2. The second-order valence-electron chi connectivity index (χ2n) is 4.55. The topological polar surface area (TPSA) is 82.2 Å². The van der Waals surface area contributed by atoms with E-state index >= 15 is 0 Å². The molecule has 6 nitrogen and oxygen atoms in total. The third-order valence-corrected chi connectivity index (χ3v) is 3.05. The molecule has 1 amide bonds. The summed E-state index contributed by atoms with van der Waals surface area (Å²) in [5.41, 5.74) is 7.83. The van der Waals surface area contributed by atoms with Gasteiger partial charge in [0.05, 0.1) is 12.8 Å². The molecule has 1 atom stereocenters. The van der Waals surface area contributed by atoms with Crippen LogP contribution in [0.3, 0.4) is 0 Å². The van der Waals surface area contributed by atoms with Crippen LogP contribution in [0.1, 0.15) is 17.3 Å². The quantitative estimate of drug-likeness (QED) is 0.863. The zero-order valence-electron chi connectivity index (χ0n) is 11.8. The molecule has 1 unspecified atom stereocenters. The number of hydrogen-bond acceptors (Lipinski definition) is 4. The first-order valence-corrected chi connectivity index (χ1v) is 6.21. The van der Waals surface area contributed by atoms with E-state index in [1.54, 1.807) is 18.0 Å². The lowest BCUT2D eigenvalue weighted by Crippen LogP contribution is -2.28. The summed E-state index contributed by atoms with van der Waals surface area (Å²) in [5, 5.41) is 7.35. The SMILES string of the molecule is COc1ccc(NC(C(N)=O)c2cn(C)nc2C)cc1. The van der Waals surface area contributed by atoms with Gasteiger partial charge >= 0.3 is 0 Å². The van der Waals surface area contributed by atoms with Crippen LogP contribution in [0.2, 0.25) is 0 Å². The van der Waals surface area contributed by atoms with Crippen LogP contribution in [-0.2, 0) is 11.8 Å². The van der Waals surface area contributed by atoms with Crippen LogP contribution in [-0.4, -0.2) is 22.8 Å². The zero-order chi connectivity index (χ0) is 14.7. The lowest BCUT2D eigenvalue weighted by molar-refractivity contribution is -0.118. The molecule has 6 heteroatoms. The fourth-order valence-electron chi connectivity index (χ4n) is 2.06. The number of rotatable bonds is 5. The molecule has 2 aromatic rings. The Kier molecular flexibility index (Phi) is 3.93. The summed E-state index contributed by atoms with van der Waals surface area (Å²) in [6, 6.07) is 6.69. The molecule has 0 aliphatic carbocycles. The first-order valence-electron chi connectivity index (χ1n) is 6.21. The molecule has 0 aliphatic heterocycles. The van der Waals surface area contributed by atoms with Crippen LogP contribution in [0.5, 0.6) is 5.75 Å². The van der Waals surface area contributed by atoms with E-state index in [2.05, 4.69) is 10.4 Å². The first kappa shape index (κ1) is 13.9. The monoisotopic (exact) mass is 274 g/mol. The second-order valence-corrected chi connectivity index (χ2v) is 4.55. The summed E-state index contributed by atoms with van der Waals surface area (Å²) in [6.45, 7) is 1.85. The van der Waals surface area contributed by atoms with Crippen molar-refractivity contribution in [2.45, 2.75) is 13.0 Å². The molecule has 1 heterocycles. The molecule has 3 N–H and O–H groups in total. The molecular weight excluding hydrogens is 256 g/mol. The van der Waals surface area contributed by atoms with E-state index in [4.69, 9.17) is 10.5 Å². The minimum atomic E-state index is -0.614. The van der Waals surface area contributed by atoms with Crippen molar-refractivity contribution in [3.05, 3.63) is 41.7 Å². The van der Waals surface area contributed by atoms with Gasteiger partial charge in [0.2, 0.25) is 5.91 Å². The number of hydrogen-bond donors (Lipinski definition) is 2. The molecule has 0 saturated carbocycles. The lowest BCUT2D eigenvalue weighted by atomic mass is 10.1. The fourth-order valence-corrected chi connectivity index (χ4v) is 2.06. The van der Waals surface area contributed by atoms with Gasteiger partial charge in [-0.05, 0) is 31.2 Å². The molecule has 0 spiro atoms. The van der Waals surface area contributed by atoms with Gasteiger partial charge in [-0.3, -0.25) is 9.48 Å². The summed E-state index contributed by atoms with van der Waals surface area (Å²) in [7, 11) is 3.41. The number of anilines is 1. The third kappa shape index (κ3) is 2.90. The summed E-state index contributed by atoms with van der Waals surface area (Å²) >= 11 is 0. The van der Waals surface area contributed by atoms with E-state index in [1.165, 1.54) is 0 Å². The standard InChI is InChI=1S/C14H18N4O2/c1-9-12(8-18(2)17-9)13(14(15)19)16-10-4-6-11(20-3)7-5-10/h4-8,13,16H,1-3H3,(H2,15,19). The second kappa shape index (κ2) is 5.64. The number of ether oxygens (including phenoxy) is 1. The number of carbonyl (C=O) groups is 1. The Bertz CT molecular complexity index is 604. The maximum atomic E-state index is 11.7. The number of nitrogens with two attached hydrogens (primary N) is 1. The Labute approximate surface area is 117 Å². The number of nitrogens with one attached hydrogen (secondary N) is 1. The Morgan fingerprint density at radius 3 is 2.50 bits per heavy atom. The van der Waals surface area contributed by atoms with Crippen molar-refractivity contribution in [1.82, 2.24) is 9.78 Å². The van der Waals surface area contributed by atoms with Gasteiger partial charge < -0.3 is 15.8 Å². The molecule has 20 heavy (non-hydrogen) atoms. The third-order valence-electron chi connectivity index (χ3n) is 3.05. The Morgan fingerprint density at radius 2 is 2.05 bits per heavy atom. The highest BCUT2D eigenvalue weighted by Gasteiger charge is 2.21. The van der Waals surface area contributed by atoms with Crippen molar-refractivity contribution in [1.29, 1.82) is 0 Å². The minimum Gasteiger partial charge on any atom is -0.497 e. The van der Waals surface area contributed by atoms with Crippen LogP contribution in [0, 0.1) is 6.92 Å². The zero-order valence-corrected chi connectivity index (χ0v) is 11.8. The summed E-state index contributed by atoms with van der Waals surface area (Å²) in [6.07, 6.45) is 1.79. The van der Waals surface area contributed by atoms with Crippen molar-refractivity contribution < 1.29 is 9.53 Å². The summed E-state index contributed by atoms with van der Waals surface area (Å²) in [4.78, 5) is 11.7. The highest BCUT2D eigenvalue weighted by molar-refractivity contribution is 5.84. The summed E-state index contributed by atoms with van der Waals surface area (Å²) in [5.74, 6) is 0.306. The number of primary amides is 1. The van der Waals surface area contributed by atoms with Gasteiger partial charge in [-0.15, -0.1) is 0 Å². The highest BCUT2D eigenvalue weighted by Crippen LogP contribution is 2.23. The van der Waals surface area contributed by atoms with Gasteiger partial charge in [0.15, 0.2) is 0 Å². The maximum Gasteiger partial charge on any atom is 0.244 e. The molecule has 0 radical (unpaired) electrons. The first-order chi connectivity index (χ1) is 9.51. The normalized spacial score (nSPS) is 11.9. The van der Waals surface area contributed by atoms with Crippen molar-refractivity contribution >= 4 is 11.6 Å². The van der Waals surface area contributed by atoms with E-state index in [1.807, 2.05) is 38.2 Å².